The van der Waals surface area contributed by atoms with Crippen LogP contribution in [0.3, 0.4) is 0 Å². The molecular weight excluding hydrogens is 202 g/mol. The Morgan fingerprint density at radius 2 is 2.00 bits per heavy atom. The fourth-order valence-corrected chi connectivity index (χ4v) is 2.41. The zero-order chi connectivity index (χ0) is 12.2. The van der Waals surface area contributed by atoms with Crippen LogP contribution in [0.1, 0.15) is 40.5 Å². The Morgan fingerprint density at radius 3 is 2.50 bits per heavy atom. The lowest BCUT2D eigenvalue weighted by molar-refractivity contribution is -0.180. The quantitative estimate of drug-likeness (QED) is 0.679. The predicted octanol–water partition coefficient (Wildman–Crippen LogP) is 2.21. The third-order valence-electron chi connectivity index (χ3n) is 4.34. The molecule has 1 fully saturated rings. The molecule has 0 heterocycles. The Kier molecular flexibility index (Phi) is 4.77. The van der Waals surface area contributed by atoms with Gasteiger partial charge in [-0.15, -0.1) is 0 Å². The number of nitrogens with one attached hydrogen (secondary N) is 1. The van der Waals surface area contributed by atoms with Gasteiger partial charge in [-0.3, -0.25) is 0 Å². The van der Waals surface area contributed by atoms with Gasteiger partial charge in [-0.1, -0.05) is 13.8 Å². The highest BCUT2D eigenvalue weighted by molar-refractivity contribution is 5.11. The van der Waals surface area contributed by atoms with Crippen LogP contribution in [-0.4, -0.2) is 38.5 Å². The van der Waals surface area contributed by atoms with Crippen molar-refractivity contribution in [1.82, 2.24) is 5.32 Å². The first-order valence-electron chi connectivity index (χ1n) is 6.34. The van der Waals surface area contributed by atoms with Gasteiger partial charge in [-0.2, -0.15) is 0 Å². The Labute approximate surface area is 99.9 Å². The van der Waals surface area contributed by atoms with Crippen LogP contribution in [0.25, 0.3) is 0 Å². The molecule has 0 aliphatic heterocycles. The van der Waals surface area contributed by atoms with E-state index < -0.39 is 0 Å². The lowest BCUT2D eigenvalue weighted by atomic mass is 9.56. The van der Waals surface area contributed by atoms with Crippen LogP contribution in [0.4, 0.5) is 0 Å². The number of hydrogen-bond donors (Lipinski definition) is 1. The van der Waals surface area contributed by atoms with E-state index in [1.54, 1.807) is 0 Å². The molecule has 0 aromatic heterocycles. The summed E-state index contributed by atoms with van der Waals surface area (Å²) in [5.74, 6) is 0. The van der Waals surface area contributed by atoms with Crippen LogP contribution < -0.4 is 5.32 Å². The monoisotopic (exact) mass is 229 g/mol. The van der Waals surface area contributed by atoms with Crippen LogP contribution >= 0.6 is 0 Å². The molecule has 3 heteroatoms. The van der Waals surface area contributed by atoms with Crippen LogP contribution in [0.2, 0.25) is 0 Å². The summed E-state index contributed by atoms with van der Waals surface area (Å²) in [7, 11) is 1.81. The van der Waals surface area contributed by atoms with E-state index in [1.165, 1.54) is 0 Å². The zero-order valence-electron chi connectivity index (χ0n) is 11.4. The average molecular weight is 229 g/mol. The second-order valence-corrected chi connectivity index (χ2v) is 5.42. The largest absolute Gasteiger partial charge is 0.382 e. The van der Waals surface area contributed by atoms with E-state index in [1.807, 2.05) is 14.0 Å². The number of ether oxygens (including phenoxy) is 2. The van der Waals surface area contributed by atoms with Gasteiger partial charge >= 0.3 is 0 Å². The van der Waals surface area contributed by atoms with Crippen molar-refractivity contribution < 1.29 is 9.47 Å². The molecule has 2 unspecified atom stereocenters. The Morgan fingerprint density at radius 1 is 1.31 bits per heavy atom. The van der Waals surface area contributed by atoms with Gasteiger partial charge in [0.1, 0.15) is 0 Å². The summed E-state index contributed by atoms with van der Waals surface area (Å²) in [6, 6.07) is 0.569. The van der Waals surface area contributed by atoms with Gasteiger partial charge in [0.05, 0.1) is 5.60 Å². The third kappa shape index (κ3) is 2.58. The summed E-state index contributed by atoms with van der Waals surface area (Å²) in [6.07, 6.45) is 2.19. The van der Waals surface area contributed by atoms with Crippen molar-refractivity contribution in [3.8, 4) is 0 Å². The molecule has 1 N–H and O–H groups in total. The van der Waals surface area contributed by atoms with E-state index in [-0.39, 0.29) is 11.0 Å². The lowest BCUT2D eigenvalue weighted by Crippen LogP contribution is -2.67. The van der Waals surface area contributed by atoms with Crippen molar-refractivity contribution in [2.45, 2.75) is 52.2 Å². The molecule has 1 rings (SSSR count). The SMILES string of the molecule is CCOCCCNC1CC(C)(OC)C1(C)C. The highest BCUT2D eigenvalue weighted by Gasteiger charge is 2.57. The Hall–Kier alpha value is -0.120. The third-order valence-corrected chi connectivity index (χ3v) is 4.34. The molecule has 0 saturated heterocycles. The second-order valence-electron chi connectivity index (χ2n) is 5.42. The smallest absolute Gasteiger partial charge is 0.0731 e. The minimum absolute atomic E-state index is 0.0323. The van der Waals surface area contributed by atoms with E-state index >= 15 is 0 Å². The molecule has 1 aliphatic carbocycles. The van der Waals surface area contributed by atoms with E-state index in [9.17, 15) is 0 Å². The van der Waals surface area contributed by atoms with E-state index in [0.29, 0.717) is 6.04 Å². The van der Waals surface area contributed by atoms with Crippen LogP contribution in [0, 0.1) is 5.41 Å². The maximum atomic E-state index is 5.60. The number of methoxy groups -OCH3 is 1. The van der Waals surface area contributed by atoms with Gasteiger partial charge in [0.15, 0.2) is 0 Å². The summed E-state index contributed by atoms with van der Waals surface area (Å²) in [4.78, 5) is 0. The molecule has 0 amide bonds. The first kappa shape index (κ1) is 13.9. The Balaban J connectivity index is 2.21. The van der Waals surface area contributed by atoms with Crippen molar-refractivity contribution in [2.75, 3.05) is 26.9 Å². The molecule has 0 bridgehead atoms. The predicted molar refractivity (Wildman–Crippen MR) is 66.7 cm³/mol. The van der Waals surface area contributed by atoms with Gasteiger partial charge in [-0.25, -0.2) is 0 Å². The summed E-state index contributed by atoms with van der Waals surface area (Å²) in [6.45, 7) is 11.5. The minimum atomic E-state index is 0.0323. The summed E-state index contributed by atoms with van der Waals surface area (Å²) in [5, 5.41) is 3.60. The number of rotatable bonds is 7. The topological polar surface area (TPSA) is 30.5 Å². The van der Waals surface area contributed by atoms with Gasteiger partial charge in [0, 0.05) is 31.8 Å². The highest BCUT2D eigenvalue weighted by atomic mass is 16.5. The molecule has 0 radical (unpaired) electrons. The highest BCUT2D eigenvalue weighted by Crippen LogP contribution is 2.51. The normalized spacial score (nSPS) is 32.4. The average Bonchev–Trinajstić information content (AvgIpc) is 2.26. The molecule has 1 aliphatic rings. The second kappa shape index (κ2) is 5.48. The van der Waals surface area contributed by atoms with Crippen molar-refractivity contribution in [1.29, 1.82) is 0 Å². The lowest BCUT2D eigenvalue weighted by Gasteiger charge is -2.59. The van der Waals surface area contributed by atoms with Gasteiger partial charge < -0.3 is 14.8 Å². The van der Waals surface area contributed by atoms with Gasteiger partial charge in [0.2, 0.25) is 0 Å². The molecule has 2 atom stereocenters. The maximum Gasteiger partial charge on any atom is 0.0731 e. The summed E-state index contributed by atoms with van der Waals surface area (Å²) >= 11 is 0. The van der Waals surface area contributed by atoms with Crippen molar-refractivity contribution in [3.05, 3.63) is 0 Å². The van der Waals surface area contributed by atoms with E-state index in [4.69, 9.17) is 9.47 Å². The molecule has 0 spiro atoms. The van der Waals surface area contributed by atoms with E-state index in [0.717, 1.165) is 32.6 Å². The van der Waals surface area contributed by atoms with Crippen molar-refractivity contribution >= 4 is 0 Å². The molecule has 96 valence electrons. The first-order valence-corrected chi connectivity index (χ1v) is 6.34. The first-order chi connectivity index (χ1) is 7.48. The fraction of sp³-hybridized carbons (Fsp3) is 1.00. The standard InChI is InChI=1S/C13H27NO2/c1-6-16-9-7-8-14-11-10-13(4,15-5)12(11,2)3/h11,14H,6-10H2,1-5H3. The van der Waals surface area contributed by atoms with Crippen LogP contribution in [-0.2, 0) is 9.47 Å². The molecule has 16 heavy (non-hydrogen) atoms. The summed E-state index contributed by atoms with van der Waals surface area (Å²) < 4.78 is 10.9. The van der Waals surface area contributed by atoms with Crippen molar-refractivity contribution in [3.63, 3.8) is 0 Å². The molecule has 0 aromatic carbocycles. The maximum absolute atomic E-state index is 5.60. The molecule has 1 saturated carbocycles. The molecule has 0 aromatic rings. The van der Waals surface area contributed by atoms with E-state index in [2.05, 4.69) is 26.1 Å². The van der Waals surface area contributed by atoms with Crippen molar-refractivity contribution in [2.24, 2.45) is 5.41 Å². The zero-order valence-corrected chi connectivity index (χ0v) is 11.4. The molecular formula is C13H27NO2. The van der Waals surface area contributed by atoms with Gasteiger partial charge in [0.25, 0.3) is 0 Å². The summed E-state index contributed by atoms with van der Waals surface area (Å²) in [5.41, 5.74) is 0.248. The minimum Gasteiger partial charge on any atom is -0.382 e. The number of hydrogen-bond acceptors (Lipinski definition) is 3. The van der Waals surface area contributed by atoms with Crippen LogP contribution in [0.15, 0.2) is 0 Å². The van der Waals surface area contributed by atoms with Gasteiger partial charge in [-0.05, 0) is 33.2 Å². The Bertz CT molecular complexity index is 218. The molecule has 3 nitrogen and oxygen atoms in total. The fourth-order valence-electron chi connectivity index (χ4n) is 2.41. The van der Waals surface area contributed by atoms with Crippen LogP contribution in [0.5, 0.6) is 0 Å².